The molecular weight excluding hydrogens is 246 g/mol. The third kappa shape index (κ3) is 3.86. The fraction of sp³-hybridized carbons (Fsp3) is 0.900. The van der Waals surface area contributed by atoms with Gasteiger partial charge in [-0.25, -0.2) is 4.79 Å². The number of halogens is 1. The average Bonchev–Trinajstić information content (AvgIpc) is 2.52. The number of amides is 1. The fourth-order valence-electron chi connectivity index (χ4n) is 1.54. The number of ether oxygens (including phenoxy) is 1. The molecule has 1 atom stereocenters. The van der Waals surface area contributed by atoms with Gasteiger partial charge in [0.2, 0.25) is 0 Å². The number of carbonyl (C=O) groups is 1. The number of unbranched alkanes of at least 4 members (excludes halogenated alkanes) is 2. The van der Waals surface area contributed by atoms with Crippen LogP contribution in [0, 0.1) is 0 Å². The van der Waals surface area contributed by atoms with Crippen molar-refractivity contribution in [2.45, 2.75) is 37.4 Å². The summed E-state index contributed by atoms with van der Waals surface area (Å²) in [7, 11) is 0. The first-order valence-electron chi connectivity index (χ1n) is 5.29. The van der Waals surface area contributed by atoms with Gasteiger partial charge >= 0.3 is 6.09 Å². The van der Waals surface area contributed by atoms with Crippen LogP contribution >= 0.6 is 15.9 Å². The van der Waals surface area contributed by atoms with Gasteiger partial charge in [-0.05, 0) is 6.42 Å². The van der Waals surface area contributed by atoms with Crippen LogP contribution in [0.2, 0.25) is 0 Å². The molecule has 1 saturated heterocycles. The summed E-state index contributed by atoms with van der Waals surface area (Å²) in [5.74, 6) is 0. The first-order chi connectivity index (χ1) is 6.74. The molecule has 4 heteroatoms. The Balaban J connectivity index is 2.12. The quantitative estimate of drug-likeness (QED) is 0.545. The van der Waals surface area contributed by atoms with E-state index in [1.807, 2.05) is 0 Å². The fourth-order valence-corrected chi connectivity index (χ4v) is 2.21. The second kappa shape index (κ2) is 6.27. The number of hydrogen-bond acceptors (Lipinski definition) is 2. The molecule has 1 rings (SSSR count). The second-order valence-electron chi connectivity index (χ2n) is 3.65. The molecule has 0 aromatic carbocycles. The van der Waals surface area contributed by atoms with Crippen LogP contribution in [0.1, 0.15) is 32.6 Å². The lowest BCUT2D eigenvalue weighted by molar-refractivity contribution is 0.158. The van der Waals surface area contributed by atoms with Crippen molar-refractivity contribution in [1.82, 2.24) is 4.90 Å². The van der Waals surface area contributed by atoms with Crippen molar-refractivity contribution in [2.75, 3.05) is 19.7 Å². The van der Waals surface area contributed by atoms with Crippen LogP contribution in [0.5, 0.6) is 0 Å². The highest BCUT2D eigenvalue weighted by molar-refractivity contribution is 9.09. The molecule has 0 N–H and O–H groups in total. The molecule has 1 aliphatic rings. The van der Waals surface area contributed by atoms with E-state index in [9.17, 15) is 4.79 Å². The minimum atomic E-state index is -0.162. The number of nitrogens with zero attached hydrogens (tertiary/aromatic N) is 1. The molecule has 1 heterocycles. The molecule has 0 saturated carbocycles. The third-order valence-electron chi connectivity index (χ3n) is 2.38. The molecule has 0 aliphatic carbocycles. The van der Waals surface area contributed by atoms with Crippen LogP contribution in [0.4, 0.5) is 4.79 Å². The lowest BCUT2D eigenvalue weighted by Gasteiger charge is -2.16. The van der Waals surface area contributed by atoms with Gasteiger partial charge in [-0.2, -0.15) is 0 Å². The summed E-state index contributed by atoms with van der Waals surface area (Å²) in [6.07, 6.45) is 4.72. The molecule has 0 spiro atoms. The zero-order valence-electron chi connectivity index (χ0n) is 8.67. The summed E-state index contributed by atoms with van der Waals surface area (Å²) in [5, 5.41) is 0. The van der Waals surface area contributed by atoms with Crippen molar-refractivity contribution in [1.29, 1.82) is 0 Å². The van der Waals surface area contributed by atoms with Gasteiger partial charge in [0.1, 0.15) is 6.61 Å². The maximum atomic E-state index is 11.1. The minimum absolute atomic E-state index is 0.162. The first kappa shape index (κ1) is 11.8. The Hall–Kier alpha value is -0.250. The van der Waals surface area contributed by atoms with Gasteiger partial charge in [0.05, 0.1) is 6.54 Å². The van der Waals surface area contributed by atoms with Gasteiger partial charge in [0, 0.05) is 11.4 Å². The average molecular weight is 264 g/mol. The number of alkyl halides is 1. The van der Waals surface area contributed by atoms with E-state index < -0.39 is 0 Å². The Morgan fingerprint density at radius 2 is 2.36 bits per heavy atom. The second-order valence-corrected chi connectivity index (χ2v) is 4.95. The number of rotatable bonds is 6. The molecule has 1 aliphatic heterocycles. The van der Waals surface area contributed by atoms with Crippen LogP contribution in [0.15, 0.2) is 0 Å². The highest BCUT2D eigenvalue weighted by Gasteiger charge is 2.23. The normalized spacial score (nSPS) is 18.4. The predicted molar refractivity (Wildman–Crippen MR) is 59.8 cm³/mol. The van der Waals surface area contributed by atoms with Gasteiger partial charge in [-0.1, -0.05) is 42.1 Å². The van der Waals surface area contributed by atoms with Gasteiger partial charge in [-0.15, -0.1) is 0 Å². The van der Waals surface area contributed by atoms with Crippen LogP contribution in [-0.2, 0) is 4.74 Å². The summed E-state index contributed by atoms with van der Waals surface area (Å²) < 4.78 is 4.86. The molecule has 3 nitrogen and oxygen atoms in total. The topological polar surface area (TPSA) is 29.5 Å². The summed E-state index contributed by atoms with van der Waals surface area (Å²) in [5.41, 5.74) is 0. The number of hydrogen-bond donors (Lipinski definition) is 0. The Morgan fingerprint density at radius 1 is 1.57 bits per heavy atom. The molecule has 0 bridgehead atoms. The Kier molecular flexibility index (Phi) is 5.30. The van der Waals surface area contributed by atoms with Crippen molar-refractivity contribution in [2.24, 2.45) is 0 Å². The van der Waals surface area contributed by atoms with Crippen molar-refractivity contribution in [3.63, 3.8) is 0 Å². The molecule has 1 unspecified atom stereocenters. The highest BCUT2D eigenvalue weighted by atomic mass is 79.9. The largest absolute Gasteiger partial charge is 0.448 e. The van der Waals surface area contributed by atoms with Crippen LogP contribution in [0.3, 0.4) is 0 Å². The lowest BCUT2D eigenvalue weighted by Crippen LogP contribution is -2.30. The minimum Gasteiger partial charge on any atom is -0.448 e. The standard InChI is InChI=1S/C10H18BrNO2/c1-2-3-4-5-9(11)8-12-6-7-14-10(12)13/h9H,2-8H2,1H3. The molecule has 1 fully saturated rings. The van der Waals surface area contributed by atoms with E-state index in [1.54, 1.807) is 4.90 Å². The van der Waals surface area contributed by atoms with Crippen molar-refractivity contribution >= 4 is 22.0 Å². The number of cyclic esters (lactones) is 1. The van der Waals surface area contributed by atoms with Crippen LogP contribution in [0.25, 0.3) is 0 Å². The molecule has 0 aromatic heterocycles. The van der Waals surface area contributed by atoms with Crippen molar-refractivity contribution in [3.8, 4) is 0 Å². The predicted octanol–water partition coefficient (Wildman–Crippen LogP) is 2.78. The Bertz CT molecular complexity index is 187. The molecular formula is C10H18BrNO2. The zero-order chi connectivity index (χ0) is 10.4. The Labute approximate surface area is 93.9 Å². The molecule has 0 radical (unpaired) electrons. The van der Waals surface area contributed by atoms with E-state index in [2.05, 4.69) is 22.9 Å². The van der Waals surface area contributed by atoms with Crippen molar-refractivity contribution in [3.05, 3.63) is 0 Å². The summed E-state index contributed by atoms with van der Waals surface area (Å²) in [6.45, 7) is 4.27. The maximum Gasteiger partial charge on any atom is 0.409 e. The van der Waals surface area contributed by atoms with E-state index in [4.69, 9.17) is 4.74 Å². The van der Waals surface area contributed by atoms with E-state index in [1.165, 1.54) is 19.3 Å². The van der Waals surface area contributed by atoms with E-state index >= 15 is 0 Å². The van der Waals surface area contributed by atoms with Gasteiger partial charge in [-0.3, -0.25) is 0 Å². The highest BCUT2D eigenvalue weighted by Crippen LogP contribution is 2.14. The van der Waals surface area contributed by atoms with Crippen LogP contribution in [-0.4, -0.2) is 35.5 Å². The third-order valence-corrected chi connectivity index (χ3v) is 3.13. The van der Waals surface area contributed by atoms with Crippen LogP contribution < -0.4 is 0 Å². The summed E-state index contributed by atoms with van der Waals surface area (Å²) in [6, 6.07) is 0. The number of carbonyl (C=O) groups excluding carboxylic acids is 1. The van der Waals surface area contributed by atoms with Gasteiger partial charge < -0.3 is 9.64 Å². The SMILES string of the molecule is CCCCCC(Br)CN1CCOC1=O. The molecule has 82 valence electrons. The summed E-state index contributed by atoms with van der Waals surface area (Å²) in [4.78, 5) is 13.3. The molecule has 0 aromatic rings. The monoisotopic (exact) mass is 263 g/mol. The van der Waals surface area contributed by atoms with E-state index in [0.717, 1.165) is 19.5 Å². The maximum absolute atomic E-state index is 11.1. The molecule has 14 heavy (non-hydrogen) atoms. The van der Waals surface area contributed by atoms with Crippen molar-refractivity contribution < 1.29 is 9.53 Å². The zero-order valence-corrected chi connectivity index (χ0v) is 10.3. The Morgan fingerprint density at radius 3 is 2.93 bits per heavy atom. The summed E-state index contributed by atoms with van der Waals surface area (Å²) >= 11 is 3.60. The van der Waals surface area contributed by atoms with Gasteiger partial charge in [0.15, 0.2) is 0 Å². The first-order valence-corrected chi connectivity index (χ1v) is 6.21. The smallest absolute Gasteiger partial charge is 0.409 e. The van der Waals surface area contributed by atoms with E-state index in [-0.39, 0.29) is 6.09 Å². The van der Waals surface area contributed by atoms with E-state index in [0.29, 0.717) is 11.4 Å². The van der Waals surface area contributed by atoms with Gasteiger partial charge in [0.25, 0.3) is 0 Å². The molecule has 1 amide bonds. The lowest BCUT2D eigenvalue weighted by atomic mass is 10.1.